The fourth-order valence-corrected chi connectivity index (χ4v) is 3.01. The van der Waals surface area contributed by atoms with E-state index in [0.717, 1.165) is 24.3 Å². The first-order valence-electron chi connectivity index (χ1n) is 8.30. The predicted octanol–water partition coefficient (Wildman–Crippen LogP) is 1.82. The van der Waals surface area contributed by atoms with Crippen molar-refractivity contribution in [3.63, 3.8) is 0 Å². The Balaban J connectivity index is 1.84. The number of nitrogens with zero attached hydrogens (tertiary/aromatic N) is 4. The number of pyridine rings is 1. The highest BCUT2D eigenvalue weighted by atomic mass is 16.5. The van der Waals surface area contributed by atoms with E-state index in [0.29, 0.717) is 35.8 Å². The molecule has 0 radical (unpaired) electrons. The number of aromatic nitrogens is 3. The molecule has 2 aromatic heterocycles. The number of hydrogen-bond donors (Lipinski definition) is 2. The number of ether oxygens (including phenoxy) is 2. The third kappa shape index (κ3) is 2.95. The summed E-state index contributed by atoms with van der Waals surface area (Å²) in [6.07, 6.45) is 0. The Bertz CT molecular complexity index is 957. The number of morpholine rings is 1. The lowest BCUT2D eigenvalue weighted by Crippen LogP contribution is -2.37. The molecule has 26 heavy (non-hydrogen) atoms. The molecular weight excluding hydrogens is 334 g/mol. The van der Waals surface area contributed by atoms with Gasteiger partial charge in [-0.1, -0.05) is 0 Å². The van der Waals surface area contributed by atoms with Gasteiger partial charge < -0.3 is 25.2 Å². The molecule has 0 unspecified atom stereocenters. The number of fused-ring (bicyclic) bond motifs is 1. The number of anilines is 2. The van der Waals surface area contributed by atoms with E-state index in [2.05, 4.69) is 14.9 Å². The Labute approximate surface area is 150 Å². The maximum absolute atomic E-state index is 9.80. The van der Waals surface area contributed by atoms with E-state index in [1.165, 1.54) is 7.11 Å². The molecule has 0 atom stereocenters. The van der Waals surface area contributed by atoms with Crippen molar-refractivity contribution >= 4 is 22.8 Å². The lowest BCUT2D eigenvalue weighted by molar-refractivity contribution is 0.122. The topological polar surface area (TPSA) is 107 Å². The summed E-state index contributed by atoms with van der Waals surface area (Å²) in [6.45, 7) is 2.73. The molecule has 3 N–H and O–H groups in total. The lowest BCUT2D eigenvalue weighted by Gasteiger charge is -2.28. The monoisotopic (exact) mass is 353 g/mol. The largest absolute Gasteiger partial charge is 0.504 e. The predicted molar refractivity (Wildman–Crippen MR) is 98.4 cm³/mol. The van der Waals surface area contributed by atoms with Crippen LogP contribution in [0.4, 0.5) is 11.8 Å². The first-order chi connectivity index (χ1) is 12.7. The molecule has 8 nitrogen and oxygen atoms in total. The van der Waals surface area contributed by atoms with Crippen LogP contribution in [-0.2, 0) is 4.74 Å². The summed E-state index contributed by atoms with van der Waals surface area (Å²) in [5, 5.41) is 9.80. The molecule has 134 valence electrons. The second kappa shape index (κ2) is 6.64. The van der Waals surface area contributed by atoms with E-state index in [1.807, 2.05) is 12.1 Å². The number of hydrogen-bond acceptors (Lipinski definition) is 8. The summed E-state index contributed by atoms with van der Waals surface area (Å²) in [7, 11) is 1.51. The van der Waals surface area contributed by atoms with Crippen LogP contribution in [-0.4, -0.2) is 53.5 Å². The molecule has 1 fully saturated rings. The molecule has 4 rings (SSSR count). The number of nitrogens with two attached hydrogens (primary N) is 1. The van der Waals surface area contributed by atoms with Gasteiger partial charge in [0.2, 0.25) is 5.95 Å². The highest BCUT2D eigenvalue weighted by molar-refractivity contribution is 5.88. The Kier molecular flexibility index (Phi) is 4.18. The van der Waals surface area contributed by atoms with Crippen LogP contribution in [0.1, 0.15) is 0 Å². The maximum atomic E-state index is 9.80. The van der Waals surface area contributed by atoms with Crippen LogP contribution in [0.3, 0.4) is 0 Å². The van der Waals surface area contributed by atoms with Crippen molar-refractivity contribution in [3.05, 3.63) is 30.3 Å². The molecule has 0 bridgehead atoms. The van der Waals surface area contributed by atoms with Gasteiger partial charge in [0.15, 0.2) is 17.3 Å². The molecule has 1 aliphatic heterocycles. The van der Waals surface area contributed by atoms with Gasteiger partial charge in [0.05, 0.1) is 31.5 Å². The van der Waals surface area contributed by atoms with E-state index < -0.39 is 0 Å². The van der Waals surface area contributed by atoms with Crippen molar-refractivity contribution in [1.82, 2.24) is 15.0 Å². The number of aromatic hydroxyl groups is 1. The number of benzene rings is 1. The number of phenolic OH excluding ortho intramolecular Hbond substituents is 1. The molecule has 0 spiro atoms. The second-order valence-corrected chi connectivity index (χ2v) is 5.96. The average molecular weight is 353 g/mol. The number of rotatable bonds is 3. The van der Waals surface area contributed by atoms with E-state index >= 15 is 0 Å². The Morgan fingerprint density at radius 3 is 2.69 bits per heavy atom. The van der Waals surface area contributed by atoms with Gasteiger partial charge in [-0.15, -0.1) is 0 Å². The quantitative estimate of drug-likeness (QED) is 0.734. The van der Waals surface area contributed by atoms with Gasteiger partial charge in [-0.3, -0.25) is 0 Å². The van der Waals surface area contributed by atoms with Crippen molar-refractivity contribution in [2.45, 2.75) is 0 Å². The van der Waals surface area contributed by atoms with Crippen LogP contribution in [0.2, 0.25) is 0 Å². The SMILES string of the molecule is COc1cc(-c2ccc3nc(N)nc(N4CCOCC4)c3n2)ccc1O. The van der Waals surface area contributed by atoms with Crippen LogP contribution < -0.4 is 15.4 Å². The first-order valence-corrected chi connectivity index (χ1v) is 8.30. The number of nitrogen functional groups attached to an aromatic ring is 1. The normalized spacial score (nSPS) is 14.6. The average Bonchev–Trinajstić information content (AvgIpc) is 2.68. The summed E-state index contributed by atoms with van der Waals surface area (Å²) in [5.41, 5.74) is 8.82. The van der Waals surface area contributed by atoms with Crippen LogP contribution >= 0.6 is 0 Å². The van der Waals surface area contributed by atoms with Crippen molar-refractivity contribution in [3.8, 4) is 22.8 Å². The van der Waals surface area contributed by atoms with Gasteiger partial charge in [-0.2, -0.15) is 4.98 Å². The molecule has 0 aliphatic carbocycles. The fourth-order valence-electron chi connectivity index (χ4n) is 3.01. The summed E-state index contributed by atoms with van der Waals surface area (Å²) in [6, 6.07) is 8.86. The third-order valence-electron chi connectivity index (χ3n) is 4.33. The standard InChI is InChI=1S/C18H19N5O3/c1-25-15-10-11(2-5-14(15)24)12-3-4-13-16(20-12)17(22-18(19)21-13)23-6-8-26-9-7-23/h2-5,10,24H,6-9H2,1H3,(H2,19,21,22). The van der Waals surface area contributed by atoms with E-state index in [9.17, 15) is 5.11 Å². The molecule has 1 saturated heterocycles. The molecule has 0 saturated carbocycles. The highest BCUT2D eigenvalue weighted by Gasteiger charge is 2.18. The first kappa shape index (κ1) is 16.3. The van der Waals surface area contributed by atoms with Crippen molar-refractivity contribution < 1.29 is 14.6 Å². The Morgan fingerprint density at radius 1 is 1.12 bits per heavy atom. The molecular formula is C18H19N5O3. The number of phenols is 1. The third-order valence-corrected chi connectivity index (χ3v) is 4.33. The maximum Gasteiger partial charge on any atom is 0.222 e. The summed E-state index contributed by atoms with van der Waals surface area (Å²) in [4.78, 5) is 15.6. The van der Waals surface area contributed by atoms with Gasteiger partial charge in [0.25, 0.3) is 0 Å². The lowest BCUT2D eigenvalue weighted by atomic mass is 10.1. The van der Waals surface area contributed by atoms with E-state index in [1.54, 1.807) is 18.2 Å². The minimum Gasteiger partial charge on any atom is -0.504 e. The number of methoxy groups -OCH3 is 1. The zero-order valence-corrected chi connectivity index (χ0v) is 14.3. The Hall–Kier alpha value is -3.13. The summed E-state index contributed by atoms with van der Waals surface area (Å²) < 4.78 is 10.6. The van der Waals surface area contributed by atoms with Crippen molar-refractivity contribution in [1.29, 1.82) is 0 Å². The van der Waals surface area contributed by atoms with Gasteiger partial charge in [-0.25, -0.2) is 9.97 Å². The molecule has 1 aromatic carbocycles. The van der Waals surface area contributed by atoms with Crippen LogP contribution in [0.5, 0.6) is 11.5 Å². The van der Waals surface area contributed by atoms with Crippen molar-refractivity contribution in [2.24, 2.45) is 0 Å². The van der Waals surface area contributed by atoms with Crippen LogP contribution in [0.25, 0.3) is 22.3 Å². The fraction of sp³-hybridized carbons (Fsp3) is 0.278. The smallest absolute Gasteiger partial charge is 0.222 e. The van der Waals surface area contributed by atoms with E-state index in [4.69, 9.17) is 20.2 Å². The van der Waals surface area contributed by atoms with Crippen LogP contribution in [0, 0.1) is 0 Å². The molecule has 1 aliphatic rings. The van der Waals surface area contributed by atoms with Crippen LogP contribution in [0.15, 0.2) is 30.3 Å². The minimum absolute atomic E-state index is 0.0853. The zero-order valence-electron chi connectivity index (χ0n) is 14.3. The minimum atomic E-state index is 0.0853. The molecule has 3 heterocycles. The van der Waals surface area contributed by atoms with Gasteiger partial charge in [0.1, 0.15) is 5.52 Å². The zero-order chi connectivity index (χ0) is 18.1. The van der Waals surface area contributed by atoms with Gasteiger partial charge >= 0.3 is 0 Å². The second-order valence-electron chi connectivity index (χ2n) is 5.96. The van der Waals surface area contributed by atoms with E-state index in [-0.39, 0.29) is 11.7 Å². The molecule has 8 heteroatoms. The highest BCUT2D eigenvalue weighted by Crippen LogP contribution is 2.32. The van der Waals surface area contributed by atoms with Gasteiger partial charge in [0, 0.05) is 18.7 Å². The molecule has 0 amide bonds. The summed E-state index contributed by atoms with van der Waals surface area (Å²) in [5.74, 6) is 1.41. The van der Waals surface area contributed by atoms with Gasteiger partial charge in [-0.05, 0) is 30.3 Å². The molecule has 3 aromatic rings. The summed E-state index contributed by atoms with van der Waals surface area (Å²) >= 11 is 0. The van der Waals surface area contributed by atoms with Crippen molar-refractivity contribution in [2.75, 3.05) is 44.0 Å². The Morgan fingerprint density at radius 2 is 1.92 bits per heavy atom.